The van der Waals surface area contributed by atoms with Gasteiger partial charge in [-0.1, -0.05) is 13.3 Å². The molecule has 0 aliphatic rings. The maximum Gasteiger partial charge on any atom is 0.305 e. The third-order valence-electron chi connectivity index (χ3n) is 2.24. The predicted molar refractivity (Wildman–Crippen MR) is 61.7 cm³/mol. The summed E-state index contributed by atoms with van der Waals surface area (Å²) in [6.07, 6.45) is 3.56. The molecule has 0 aliphatic heterocycles. The standard InChI is InChI=1S/C11H17N3O3/c1-2-3-6-12-11(17)9-4-7-14(13-9)8-5-10(15)16/h4,7H,2-3,5-6,8H2,1H3,(H,12,17)(H,15,16). The van der Waals surface area contributed by atoms with Crippen molar-refractivity contribution in [2.24, 2.45) is 0 Å². The number of carboxylic acids is 1. The fourth-order valence-corrected chi connectivity index (χ4v) is 1.29. The van der Waals surface area contributed by atoms with Crippen molar-refractivity contribution >= 4 is 11.9 Å². The molecule has 0 radical (unpaired) electrons. The van der Waals surface area contributed by atoms with E-state index in [4.69, 9.17) is 5.11 Å². The van der Waals surface area contributed by atoms with E-state index in [2.05, 4.69) is 10.4 Å². The highest BCUT2D eigenvalue weighted by atomic mass is 16.4. The van der Waals surface area contributed by atoms with Crippen LogP contribution in [0.25, 0.3) is 0 Å². The van der Waals surface area contributed by atoms with Crippen molar-refractivity contribution in [3.63, 3.8) is 0 Å². The Morgan fingerprint density at radius 3 is 2.94 bits per heavy atom. The number of hydrogen-bond acceptors (Lipinski definition) is 3. The molecule has 6 nitrogen and oxygen atoms in total. The highest BCUT2D eigenvalue weighted by molar-refractivity contribution is 5.92. The fourth-order valence-electron chi connectivity index (χ4n) is 1.29. The van der Waals surface area contributed by atoms with E-state index in [9.17, 15) is 9.59 Å². The van der Waals surface area contributed by atoms with E-state index in [1.54, 1.807) is 12.3 Å². The summed E-state index contributed by atoms with van der Waals surface area (Å²) >= 11 is 0. The Balaban J connectivity index is 2.43. The number of aryl methyl sites for hydroxylation is 1. The third-order valence-corrected chi connectivity index (χ3v) is 2.24. The quantitative estimate of drug-likeness (QED) is 0.692. The molecule has 1 amide bonds. The number of unbranched alkanes of at least 4 members (excludes halogenated alkanes) is 1. The molecule has 0 aromatic carbocycles. The molecular weight excluding hydrogens is 222 g/mol. The molecule has 17 heavy (non-hydrogen) atoms. The van der Waals surface area contributed by atoms with Crippen LogP contribution < -0.4 is 5.32 Å². The maximum atomic E-state index is 11.6. The predicted octanol–water partition coefficient (Wildman–Crippen LogP) is 0.888. The lowest BCUT2D eigenvalue weighted by Gasteiger charge is -2.01. The maximum absolute atomic E-state index is 11.6. The van der Waals surface area contributed by atoms with Crippen LogP contribution in [-0.4, -0.2) is 33.3 Å². The first-order valence-electron chi connectivity index (χ1n) is 5.67. The number of hydrogen-bond donors (Lipinski definition) is 2. The van der Waals surface area contributed by atoms with Gasteiger partial charge in [0.15, 0.2) is 0 Å². The van der Waals surface area contributed by atoms with Gasteiger partial charge >= 0.3 is 5.97 Å². The molecule has 0 saturated heterocycles. The van der Waals surface area contributed by atoms with Gasteiger partial charge in [0, 0.05) is 12.7 Å². The number of nitrogens with one attached hydrogen (secondary N) is 1. The van der Waals surface area contributed by atoms with Crippen molar-refractivity contribution in [2.75, 3.05) is 6.54 Å². The van der Waals surface area contributed by atoms with E-state index < -0.39 is 5.97 Å². The van der Waals surface area contributed by atoms with E-state index in [-0.39, 0.29) is 18.9 Å². The summed E-state index contributed by atoms with van der Waals surface area (Å²) in [7, 11) is 0. The molecular formula is C11H17N3O3. The molecule has 1 aromatic rings. The second-order valence-corrected chi connectivity index (χ2v) is 3.72. The molecule has 0 atom stereocenters. The van der Waals surface area contributed by atoms with Crippen LogP contribution in [0.5, 0.6) is 0 Å². The smallest absolute Gasteiger partial charge is 0.305 e. The summed E-state index contributed by atoms with van der Waals surface area (Å²) in [6.45, 7) is 2.96. The van der Waals surface area contributed by atoms with Crippen LogP contribution in [0.2, 0.25) is 0 Å². The molecule has 0 saturated carbocycles. The van der Waals surface area contributed by atoms with Crippen molar-refractivity contribution in [1.29, 1.82) is 0 Å². The van der Waals surface area contributed by atoms with Crippen molar-refractivity contribution in [3.8, 4) is 0 Å². The molecule has 1 rings (SSSR count). The Morgan fingerprint density at radius 1 is 1.53 bits per heavy atom. The van der Waals surface area contributed by atoms with Crippen LogP contribution in [-0.2, 0) is 11.3 Å². The lowest BCUT2D eigenvalue weighted by Crippen LogP contribution is -2.25. The van der Waals surface area contributed by atoms with E-state index in [0.29, 0.717) is 12.2 Å². The summed E-state index contributed by atoms with van der Waals surface area (Å²) in [6, 6.07) is 1.59. The summed E-state index contributed by atoms with van der Waals surface area (Å²) in [5.41, 5.74) is 0.325. The molecule has 0 aliphatic carbocycles. The first-order chi connectivity index (χ1) is 8.13. The molecule has 0 unspecified atom stereocenters. The van der Waals surface area contributed by atoms with Crippen LogP contribution >= 0.6 is 0 Å². The molecule has 1 aromatic heterocycles. The van der Waals surface area contributed by atoms with Gasteiger partial charge in [0.2, 0.25) is 0 Å². The third kappa shape index (κ3) is 4.67. The van der Waals surface area contributed by atoms with Crippen molar-refractivity contribution in [2.45, 2.75) is 32.7 Å². The minimum atomic E-state index is -0.880. The molecule has 0 spiro atoms. The SMILES string of the molecule is CCCCNC(=O)c1ccn(CCC(=O)O)n1. The minimum absolute atomic E-state index is 0.00141. The average molecular weight is 239 g/mol. The number of aliphatic carboxylic acids is 1. The monoisotopic (exact) mass is 239 g/mol. The Morgan fingerprint density at radius 2 is 2.29 bits per heavy atom. The van der Waals surface area contributed by atoms with Crippen LogP contribution in [0, 0.1) is 0 Å². The largest absolute Gasteiger partial charge is 0.481 e. The van der Waals surface area contributed by atoms with E-state index >= 15 is 0 Å². The van der Waals surface area contributed by atoms with E-state index in [1.807, 2.05) is 6.92 Å². The van der Waals surface area contributed by atoms with Gasteiger partial charge in [0.1, 0.15) is 5.69 Å². The van der Waals surface area contributed by atoms with Gasteiger partial charge in [-0.05, 0) is 12.5 Å². The van der Waals surface area contributed by atoms with Gasteiger partial charge in [-0.15, -0.1) is 0 Å². The number of amides is 1. The first-order valence-corrected chi connectivity index (χ1v) is 5.67. The number of carbonyl (C=O) groups excluding carboxylic acids is 1. The summed E-state index contributed by atoms with van der Waals surface area (Å²) < 4.78 is 1.46. The normalized spacial score (nSPS) is 10.2. The summed E-state index contributed by atoms with van der Waals surface area (Å²) in [4.78, 5) is 21.9. The summed E-state index contributed by atoms with van der Waals surface area (Å²) in [5.74, 6) is -1.10. The zero-order chi connectivity index (χ0) is 12.7. The Labute approximate surface area is 99.6 Å². The van der Waals surface area contributed by atoms with Crippen LogP contribution in [0.1, 0.15) is 36.7 Å². The topological polar surface area (TPSA) is 84.2 Å². The van der Waals surface area contributed by atoms with Gasteiger partial charge < -0.3 is 10.4 Å². The number of carboxylic acid groups (broad SMARTS) is 1. The van der Waals surface area contributed by atoms with Crippen molar-refractivity contribution in [1.82, 2.24) is 15.1 Å². The number of nitrogens with zero attached hydrogens (tertiary/aromatic N) is 2. The lowest BCUT2D eigenvalue weighted by atomic mass is 10.3. The van der Waals surface area contributed by atoms with Crippen molar-refractivity contribution in [3.05, 3.63) is 18.0 Å². The summed E-state index contributed by atoms with van der Waals surface area (Å²) in [5, 5.41) is 15.3. The lowest BCUT2D eigenvalue weighted by molar-refractivity contribution is -0.137. The number of carbonyl (C=O) groups is 2. The van der Waals surface area contributed by atoms with Gasteiger partial charge in [-0.2, -0.15) is 5.10 Å². The zero-order valence-corrected chi connectivity index (χ0v) is 9.85. The highest BCUT2D eigenvalue weighted by Gasteiger charge is 2.08. The van der Waals surface area contributed by atoms with Gasteiger partial charge in [-0.3, -0.25) is 14.3 Å². The average Bonchev–Trinajstić information content (AvgIpc) is 2.75. The highest BCUT2D eigenvalue weighted by Crippen LogP contribution is 1.97. The second-order valence-electron chi connectivity index (χ2n) is 3.72. The van der Waals surface area contributed by atoms with Crippen LogP contribution in [0.3, 0.4) is 0 Å². The van der Waals surface area contributed by atoms with Gasteiger partial charge in [0.05, 0.1) is 13.0 Å². The second kappa shape index (κ2) is 6.67. The van der Waals surface area contributed by atoms with E-state index in [1.165, 1.54) is 4.68 Å². The minimum Gasteiger partial charge on any atom is -0.481 e. The van der Waals surface area contributed by atoms with E-state index in [0.717, 1.165) is 12.8 Å². The fraction of sp³-hybridized carbons (Fsp3) is 0.545. The van der Waals surface area contributed by atoms with Crippen LogP contribution in [0.4, 0.5) is 0 Å². The molecule has 94 valence electrons. The van der Waals surface area contributed by atoms with Crippen LogP contribution in [0.15, 0.2) is 12.3 Å². The van der Waals surface area contributed by atoms with Gasteiger partial charge in [0.25, 0.3) is 5.91 Å². The molecule has 1 heterocycles. The molecule has 0 fully saturated rings. The molecule has 2 N–H and O–H groups in total. The number of rotatable bonds is 7. The van der Waals surface area contributed by atoms with Gasteiger partial charge in [-0.25, -0.2) is 0 Å². The number of aromatic nitrogens is 2. The Kier molecular flexibility index (Phi) is 5.19. The molecule has 0 bridgehead atoms. The molecule has 6 heteroatoms. The first kappa shape index (κ1) is 13.2. The Bertz CT molecular complexity index is 387. The van der Waals surface area contributed by atoms with Crippen molar-refractivity contribution < 1.29 is 14.7 Å². The Hall–Kier alpha value is -1.85. The zero-order valence-electron chi connectivity index (χ0n) is 9.85.